The maximum atomic E-state index is 12.2. The van der Waals surface area contributed by atoms with E-state index in [4.69, 9.17) is 4.74 Å². The number of carbonyl (C=O) groups excluding carboxylic acids is 1. The van der Waals surface area contributed by atoms with Crippen molar-refractivity contribution in [2.75, 3.05) is 13.2 Å². The second kappa shape index (κ2) is 6.70. The second-order valence-corrected chi connectivity index (χ2v) is 6.19. The summed E-state index contributed by atoms with van der Waals surface area (Å²) in [5.74, 6) is -0.772. The van der Waals surface area contributed by atoms with E-state index < -0.39 is 21.4 Å². The number of hydrogen-bond donors (Lipinski definition) is 1. The van der Waals surface area contributed by atoms with Crippen LogP contribution in [0.15, 0.2) is 29.2 Å². The van der Waals surface area contributed by atoms with Gasteiger partial charge in [-0.15, -0.1) is 0 Å². The number of rotatable bonds is 6. The standard InChI is InChI=1S/C14H18N2O4S/c1-4-16-21(18,19)12-9-7-6-8-11(12)14(3,10-15)13(17)20-5-2/h6-9,16H,4-5H2,1-3H3. The number of hydrogen-bond acceptors (Lipinski definition) is 5. The van der Waals surface area contributed by atoms with Crippen molar-refractivity contribution < 1.29 is 17.9 Å². The zero-order valence-electron chi connectivity index (χ0n) is 12.2. The van der Waals surface area contributed by atoms with Crippen molar-refractivity contribution in [3.05, 3.63) is 29.8 Å². The summed E-state index contributed by atoms with van der Waals surface area (Å²) in [4.78, 5) is 12.0. The molecule has 1 unspecified atom stereocenters. The number of carbonyl (C=O) groups is 1. The molecular weight excluding hydrogens is 292 g/mol. The summed E-state index contributed by atoms with van der Waals surface area (Å²) >= 11 is 0. The maximum absolute atomic E-state index is 12.2. The van der Waals surface area contributed by atoms with E-state index in [0.29, 0.717) is 0 Å². The van der Waals surface area contributed by atoms with Crippen LogP contribution in [0.3, 0.4) is 0 Å². The SMILES string of the molecule is CCNS(=O)(=O)c1ccccc1C(C)(C#N)C(=O)OCC. The van der Waals surface area contributed by atoms with Gasteiger partial charge < -0.3 is 4.74 Å². The highest BCUT2D eigenvalue weighted by Gasteiger charge is 2.41. The average molecular weight is 310 g/mol. The van der Waals surface area contributed by atoms with Crippen LogP contribution in [0.2, 0.25) is 0 Å². The van der Waals surface area contributed by atoms with Crippen molar-refractivity contribution in [3.63, 3.8) is 0 Å². The third-order valence-corrected chi connectivity index (χ3v) is 4.56. The van der Waals surface area contributed by atoms with Crippen LogP contribution in [0.1, 0.15) is 26.3 Å². The molecular formula is C14H18N2O4S. The Morgan fingerprint density at radius 1 is 1.38 bits per heavy atom. The van der Waals surface area contributed by atoms with Gasteiger partial charge in [-0.2, -0.15) is 5.26 Å². The molecule has 0 aliphatic heterocycles. The predicted octanol–water partition coefficient (Wildman–Crippen LogP) is 1.33. The molecule has 0 fully saturated rings. The fourth-order valence-electron chi connectivity index (χ4n) is 1.87. The Morgan fingerprint density at radius 2 is 2.00 bits per heavy atom. The summed E-state index contributed by atoms with van der Waals surface area (Å²) in [6.45, 7) is 4.94. The molecule has 1 N–H and O–H groups in total. The van der Waals surface area contributed by atoms with Crippen LogP contribution in [0.5, 0.6) is 0 Å². The number of ether oxygens (including phenoxy) is 1. The minimum atomic E-state index is -3.79. The quantitative estimate of drug-likeness (QED) is 0.800. The van der Waals surface area contributed by atoms with Crippen LogP contribution in [0.4, 0.5) is 0 Å². The van der Waals surface area contributed by atoms with Gasteiger partial charge in [0.25, 0.3) is 0 Å². The maximum Gasteiger partial charge on any atom is 0.330 e. The molecule has 6 nitrogen and oxygen atoms in total. The number of nitrogens with one attached hydrogen (secondary N) is 1. The van der Waals surface area contributed by atoms with Gasteiger partial charge in [0.05, 0.1) is 17.6 Å². The molecule has 1 aromatic carbocycles. The Labute approximate surface area is 124 Å². The molecule has 21 heavy (non-hydrogen) atoms. The van der Waals surface area contributed by atoms with Gasteiger partial charge >= 0.3 is 5.97 Å². The van der Waals surface area contributed by atoms with E-state index in [1.165, 1.54) is 25.1 Å². The Bertz CT molecular complexity index is 664. The number of esters is 1. The van der Waals surface area contributed by atoms with Gasteiger partial charge in [-0.1, -0.05) is 25.1 Å². The highest BCUT2D eigenvalue weighted by molar-refractivity contribution is 7.89. The molecule has 0 spiro atoms. The van der Waals surface area contributed by atoms with Crippen LogP contribution in [-0.2, 0) is 25.0 Å². The largest absolute Gasteiger partial charge is 0.465 e. The first kappa shape index (κ1) is 17.1. The molecule has 0 radical (unpaired) electrons. The van der Waals surface area contributed by atoms with Crippen LogP contribution in [0.25, 0.3) is 0 Å². The Kier molecular flexibility index (Phi) is 5.47. The summed E-state index contributed by atoms with van der Waals surface area (Å²) < 4.78 is 31.7. The third-order valence-electron chi connectivity index (χ3n) is 2.96. The fourth-order valence-corrected chi connectivity index (χ4v) is 3.23. The first-order chi connectivity index (χ1) is 9.83. The molecule has 0 amide bonds. The first-order valence-electron chi connectivity index (χ1n) is 6.51. The normalized spacial score (nSPS) is 14.0. The summed E-state index contributed by atoms with van der Waals surface area (Å²) in [6.07, 6.45) is 0. The molecule has 1 rings (SSSR count). The van der Waals surface area contributed by atoms with E-state index in [9.17, 15) is 18.5 Å². The zero-order valence-corrected chi connectivity index (χ0v) is 13.0. The third kappa shape index (κ3) is 3.40. The van der Waals surface area contributed by atoms with Gasteiger partial charge in [-0.25, -0.2) is 17.9 Å². The molecule has 0 aliphatic carbocycles. The number of sulfonamides is 1. The molecule has 7 heteroatoms. The van der Waals surface area contributed by atoms with Gasteiger partial charge in [0.1, 0.15) is 0 Å². The second-order valence-electron chi connectivity index (χ2n) is 4.45. The highest BCUT2D eigenvalue weighted by Crippen LogP contribution is 2.30. The van der Waals surface area contributed by atoms with E-state index >= 15 is 0 Å². The summed E-state index contributed by atoms with van der Waals surface area (Å²) in [7, 11) is -3.79. The van der Waals surface area contributed by atoms with Gasteiger partial charge in [0.15, 0.2) is 5.41 Å². The van der Waals surface area contributed by atoms with E-state index in [0.717, 1.165) is 0 Å². The van der Waals surface area contributed by atoms with Crippen molar-refractivity contribution >= 4 is 16.0 Å². The lowest BCUT2D eigenvalue weighted by molar-refractivity contribution is -0.147. The minimum Gasteiger partial charge on any atom is -0.465 e. The fraction of sp³-hybridized carbons (Fsp3) is 0.429. The monoisotopic (exact) mass is 310 g/mol. The zero-order chi connectivity index (χ0) is 16.1. The Balaban J connectivity index is 3.50. The predicted molar refractivity (Wildman–Crippen MR) is 76.9 cm³/mol. The number of nitriles is 1. The van der Waals surface area contributed by atoms with Crippen LogP contribution in [-0.4, -0.2) is 27.5 Å². The lowest BCUT2D eigenvalue weighted by atomic mass is 9.84. The topological polar surface area (TPSA) is 96.3 Å². The molecule has 0 aromatic heterocycles. The Morgan fingerprint density at radius 3 is 2.52 bits per heavy atom. The number of nitrogens with zero attached hydrogens (tertiary/aromatic N) is 1. The van der Waals surface area contributed by atoms with Crippen LogP contribution < -0.4 is 4.72 Å². The van der Waals surface area contributed by atoms with Crippen molar-refractivity contribution in [2.24, 2.45) is 0 Å². The molecule has 0 saturated heterocycles. The van der Waals surface area contributed by atoms with Gasteiger partial charge in [-0.05, 0) is 19.9 Å². The summed E-state index contributed by atoms with van der Waals surface area (Å²) in [6, 6.07) is 7.80. The molecule has 0 saturated carbocycles. The highest BCUT2D eigenvalue weighted by atomic mass is 32.2. The van der Waals surface area contributed by atoms with Crippen LogP contribution in [0, 0.1) is 11.3 Å². The lowest BCUT2D eigenvalue weighted by Crippen LogP contribution is -2.36. The van der Waals surface area contributed by atoms with Crippen LogP contribution >= 0.6 is 0 Å². The van der Waals surface area contributed by atoms with Crippen molar-refractivity contribution in [1.82, 2.24) is 4.72 Å². The van der Waals surface area contributed by atoms with Crippen molar-refractivity contribution in [1.29, 1.82) is 5.26 Å². The molecule has 114 valence electrons. The van der Waals surface area contributed by atoms with Gasteiger partial charge in [0.2, 0.25) is 10.0 Å². The van der Waals surface area contributed by atoms with E-state index in [2.05, 4.69) is 4.72 Å². The molecule has 0 bridgehead atoms. The van der Waals surface area contributed by atoms with Gasteiger partial charge in [-0.3, -0.25) is 0 Å². The van der Waals surface area contributed by atoms with E-state index in [1.807, 2.05) is 6.07 Å². The molecule has 0 heterocycles. The Hall–Kier alpha value is -1.91. The number of benzene rings is 1. The van der Waals surface area contributed by atoms with E-state index in [-0.39, 0.29) is 23.6 Å². The summed E-state index contributed by atoms with van der Waals surface area (Å²) in [5.41, 5.74) is -1.58. The van der Waals surface area contributed by atoms with Crippen molar-refractivity contribution in [3.8, 4) is 6.07 Å². The summed E-state index contributed by atoms with van der Waals surface area (Å²) in [5, 5.41) is 9.39. The lowest BCUT2D eigenvalue weighted by Gasteiger charge is -2.22. The molecule has 1 atom stereocenters. The van der Waals surface area contributed by atoms with Gasteiger partial charge in [0, 0.05) is 12.1 Å². The minimum absolute atomic E-state index is 0.0936. The molecule has 1 aromatic rings. The average Bonchev–Trinajstić information content (AvgIpc) is 2.46. The van der Waals surface area contributed by atoms with Crippen molar-refractivity contribution in [2.45, 2.75) is 31.1 Å². The molecule has 0 aliphatic rings. The van der Waals surface area contributed by atoms with E-state index in [1.54, 1.807) is 19.9 Å². The smallest absolute Gasteiger partial charge is 0.330 e. The first-order valence-corrected chi connectivity index (χ1v) is 7.99.